The number of amides is 1. The summed E-state index contributed by atoms with van der Waals surface area (Å²) in [5.74, 6) is -1.93. The van der Waals surface area contributed by atoms with Crippen LogP contribution in [0.15, 0.2) is 16.5 Å². The molecule has 0 fully saturated rings. The molecule has 0 spiro atoms. The molecule has 0 aromatic carbocycles. The van der Waals surface area contributed by atoms with Gasteiger partial charge in [-0.25, -0.2) is 4.79 Å². The zero-order valence-electron chi connectivity index (χ0n) is 10.2. The lowest BCUT2D eigenvalue weighted by molar-refractivity contribution is 0.0638. The molecular formula is C12H14N2O4. The zero-order chi connectivity index (χ0) is 13.7. The number of carbonyl (C=O) groups excluding carboxylic acids is 1. The minimum atomic E-state index is -1.22. The topological polar surface area (TPSA) is 94.5 Å². The van der Waals surface area contributed by atoms with E-state index in [2.05, 4.69) is 0 Å². The molecule has 1 N–H and O–H groups in total. The van der Waals surface area contributed by atoms with Crippen molar-refractivity contribution in [1.29, 1.82) is 5.26 Å². The van der Waals surface area contributed by atoms with Gasteiger partial charge in [-0.3, -0.25) is 4.79 Å². The second-order valence-electron chi connectivity index (χ2n) is 3.97. The van der Waals surface area contributed by atoms with Crippen molar-refractivity contribution in [2.75, 3.05) is 6.54 Å². The van der Waals surface area contributed by atoms with Crippen molar-refractivity contribution in [3.63, 3.8) is 0 Å². The zero-order valence-corrected chi connectivity index (χ0v) is 10.2. The summed E-state index contributed by atoms with van der Waals surface area (Å²) in [7, 11) is 0. The first-order valence-electron chi connectivity index (χ1n) is 5.48. The Kier molecular flexibility index (Phi) is 4.49. The van der Waals surface area contributed by atoms with Crippen molar-refractivity contribution in [3.8, 4) is 6.07 Å². The summed E-state index contributed by atoms with van der Waals surface area (Å²) < 4.78 is 4.94. The minimum Gasteiger partial charge on any atom is -0.475 e. The van der Waals surface area contributed by atoms with Gasteiger partial charge in [0.2, 0.25) is 5.76 Å². The highest BCUT2D eigenvalue weighted by Gasteiger charge is 2.22. The molecule has 1 rings (SSSR count). The maximum absolute atomic E-state index is 12.1. The van der Waals surface area contributed by atoms with Gasteiger partial charge in [-0.1, -0.05) is 0 Å². The number of hydrogen-bond acceptors (Lipinski definition) is 4. The SMILES string of the molecule is CC(C)N(CCC#N)C(=O)c1ccc(C(=O)O)o1. The fraction of sp³-hybridized carbons (Fsp3) is 0.417. The van der Waals surface area contributed by atoms with Crippen molar-refractivity contribution in [1.82, 2.24) is 4.90 Å². The van der Waals surface area contributed by atoms with E-state index in [9.17, 15) is 9.59 Å². The average molecular weight is 250 g/mol. The van der Waals surface area contributed by atoms with Gasteiger partial charge < -0.3 is 14.4 Å². The number of rotatable bonds is 5. The molecule has 18 heavy (non-hydrogen) atoms. The molecule has 0 unspecified atom stereocenters. The van der Waals surface area contributed by atoms with E-state index in [0.29, 0.717) is 0 Å². The van der Waals surface area contributed by atoms with E-state index in [1.165, 1.54) is 17.0 Å². The van der Waals surface area contributed by atoms with Crippen molar-refractivity contribution in [3.05, 3.63) is 23.7 Å². The lowest BCUT2D eigenvalue weighted by atomic mass is 10.2. The van der Waals surface area contributed by atoms with Crippen LogP contribution in [0.4, 0.5) is 0 Å². The molecule has 0 radical (unpaired) electrons. The third-order valence-electron chi connectivity index (χ3n) is 2.38. The summed E-state index contributed by atoms with van der Waals surface area (Å²) in [4.78, 5) is 24.2. The van der Waals surface area contributed by atoms with Gasteiger partial charge in [-0.15, -0.1) is 0 Å². The summed E-state index contributed by atoms with van der Waals surface area (Å²) in [6.45, 7) is 3.92. The van der Waals surface area contributed by atoms with Gasteiger partial charge in [0.1, 0.15) is 0 Å². The smallest absolute Gasteiger partial charge is 0.371 e. The van der Waals surface area contributed by atoms with Crippen LogP contribution in [0.5, 0.6) is 0 Å². The van der Waals surface area contributed by atoms with Gasteiger partial charge in [0.15, 0.2) is 5.76 Å². The van der Waals surface area contributed by atoms with Crippen LogP contribution in [-0.2, 0) is 0 Å². The lowest BCUT2D eigenvalue weighted by Gasteiger charge is -2.24. The second-order valence-corrected chi connectivity index (χ2v) is 3.97. The largest absolute Gasteiger partial charge is 0.475 e. The molecule has 1 aromatic heterocycles. The number of aromatic carboxylic acids is 1. The minimum absolute atomic E-state index is 0.0287. The van der Waals surface area contributed by atoms with Crippen LogP contribution < -0.4 is 0 Å². The highest BCUT2D eigenvalue weighted by atomic mass is 16.4. The first-order valence-corrected chi connectivity index (χ1v) is 5.48. The molecule has 6 heteroatoms. The van der Waals surface area contributed by atoms with Crippen molar-refractivity contribution < 1.29 is 19.1 Å². The maximum Gasteiger partial charge on any atom is 0.371 e. The van der Waals surface area contributed by atoms with E-state index >= 15 is 0 Å². The van der Waals surface area contributed by atoms with Crippen LogP contribution in [0.25, 0.3) is 0 Å². The van der Waals surface area contributed by atoms with E-state index in [-0.39, 0.29) is 30.5 Å². The number of nitrogens with zero attached hydrogens (tertiary/aromatic N) is 2. The first kappa shape index (κ1) is 13.8. The number of furan rings is 1. The molecule has 0 saturated carbocycles. The molecule has 96 valence electrons. The number of hydrogen-bond donors (Lipinski definition) is 1. The predicted molar refractivity (Wildman–Crippen MR) is 62.1 cm³/mol. The molecule has 1 heterocycles. The summed E-state index contributed by atoms with van der Waals surface area (Å²) in [6.07, 6.45) is 0.219. The third kappa shape index (κ3) is 3.10. The Hall–Kier alpha value is -2.29. The van der Waals surface area contributed by atoms with Gasteiger partial charge in [-0.05, 0) is 26.0 Å². The summed E-state index contributed by atoms with van der Waals surface area (Å²) >= 11 is 0. The maximum atomic E-state index is 12.1. The fourth-order valence-electron chi connectivity index (χ4n) is 1.47. The molecule has 0 bridgehead atoms. The normalized spacial score (nSPS) is 10.1. The monoisotopic (exact) mass is 250 g/mol. The van der Waals surface area contributed by atoms with Crippen LogP contribution in [0.3, 0.4) is 0 Å². The Morgan fingerprint density at radius 3 is 2.50 bits per heavy atom. The van der Waals surface area contributed by atoms with E-state index < -0.39 is 11.9 Å². The molecule has 1 amide bonds. The van der Waals surface area contributed by atoms with Crippen molar-refractivity contribution >= 4 is 11.9 Å². The Morgan fingerprint density at radius 2 is 2.06 bits per heavy atom. The predicted octanol–water partition coefficient (Wildman–Crippen LogP) is 1.74. The fourth-order valence-corrected chi connectivity index (χ4v) is 1.47. The highest BCUT2D eigenvalue weighted by Crippen LogP contribution is 2.13. The first-order chi connectivity index (χ1) is 8.47. The van der Waals surface area contributed by atoms with Crippen LogP contribution in [0, 0.1) is 11.3 Å². The molecule has 0 aliphatic rings. The highest BCUT2D eigenvalue weighted by molar-refractivity contribution is 5.93. The Balaban J connectivity index is 2.88. The molecular weight excluding hydrogens is 236 g/mol. The molecule has 6 nitrogen and oxygen atoms in total. The molecule has 0 aliphatic heterocycles. The van der Waals surface area contributed by atoms with Gasteiger partial charge in [0.05, 0.1) is 12.5 Å². The molecule has 0 saturated heterocycles. The number of carboxylic acid groups (broad SMARTS) is 1. The van der Waals surface area contributed by atoms with Gasteiger partial charge in [0, 0.05) is 12.6 Å². The third-order valence-corrected chi connectivity index (χ3v) is 2.38. The van der Waals surface area contributed by atoms with Gasteiger partial charge in [0.25, 0.3) is 5.91 Å². The van der Waals surface area contributed by atoms with Gasteiger partial charge in [-0.2, -0.15) is 5.26 Å². The van der Waals surface area contributed by atoms with Crippen LogP contribution in [-0.4, -0.2) is 34.5 Å². The lowest BCUT2D eigenvalue weighted by Crippen LogP contribution is -2.37. The Labute approximate surface area is 104 Å². The van der Waals surface area contributed by atoms with E-state index in [1.54, 1.807) is 0 Å². The van der Waals surface area contributed by atoms with Crippen LogP contribution in [0.1, 0.15) is 41.4 Å². The summed E-state index contributed by atoms with van der Waals surface area (Å²) in [5, 5.41) is 17.2. The average Bonchev–Trinajstić information content (AvgIpc) is 2.78. The standard InChI is InChI=1S/C12H14N2O4/c1-8(2)14(7-3-6-13)11(15)9-4-5-10(18-9)12(16)17/h4-5,8H,3,7H2,1-2H3,(H,16,17). The molecule has 0 atom stereocenters. The van der Waals surface area contributed by atoms with E-state index in [4.69, 9.17) is 14.8 Å². The van der Waals surface area contributed by atoms with Crippen LogP contribution >= 0.6 is 0 Å². The Bertz CT molecular complexity index is 485. The number of carbonyl (C=O) groups is 2. The summed E-state index contributed by atoms with van der Waals surface area (Å²) in [5.41, 5.74) is 0. The van der Waals surface area contributed by atoms with E-state index in [1.807, 2.05) is 19.9 Å². The van der Waals surface area contributed by atoms with Crippen molar-refractivity contribution in [2.45, 2.75) is 26.3 Å². The Morgan fingerprint density at radius 1 is 1.44 bits per heavy atom. The molecule has 0 aliphatic carbocycles. The molecule has 1 aromatic rings. The van der Waals surface area contributed by atoms with Crippen molar-refractivity contribution in [2.24, 2.45) is 0 Å². The van der Waals surface area contributed by atoms with E-state index in [0.717, 1.165) is 0 Å². The van der Waals surface area contributed by atoms with Gasteiger partial charge >= 0.3 is 5.97 Å². The quantitative estimate of drug-likeness (QED) is 0.858. The van der Waals surface area contributed by atoms with Crippen LogP contribution in [0.2, 0.25) is 0 Å². The number of carboxylic acids is 1. The summed E-state index contributed by atoms with van der Waals surface area (Å²) in [6, 6.07) is 4.43. The number of nitriles is 1. The second kappa shape index (κ2) is 5.87.